The highest BCUT2D eigenvalue weighted by atomic mass is 16.5. The zero-order valence-corrected chi connectivity index (χ0v) is 8.26. The predicted molar refractivity (Wildman–Crippen MR) is 46.9 cm³/mol. The summed E-state index contributed by atoms with van der Waals surface area (Å²) in [6.45, 7) is 4.17. The lowest BCUT2D eigenvalue weighted by Crippen LogP contribution is -2.45. The number of methoxy groups -OCH3 is 1. The molecule has 1 fully saturated rings. The minimum atomic E-state index is -0.289. The fourth-order valence-corrected chi connectivity index (χ4v) is 1.50. The van der Waals surface area contributed by atoms with Crippen LogP contribution >= 0.6 is 0 Å². The molecule has 1 aliphatic rings. The lowest BCUT2D eigenvalue weighted by Gasteiger charge is -2.29. The van der Waals surface area contributed by atoms with Gasteiger partial charge in [-0.1, -0.05) is 0 Å². The maximum Gasteiger partial charge on any atom is 0.326 e. The highest BCUT2D eigenvalue weighted by molar-refractivity contribution is 5.84. The second kappa shape index (κ2) is 3.05. The lowest BCUT2D eigenvalue weighted by molar-refractivity contribution is -0.149. The van der Waals surface area contributed by atoms with Gasteiger partial charge in [0.05, 0.1) is 7.11 Å². The topological polar surface area (TPSA) is 29.5 Å². The summed E-state index contributed by atoms with van der Waals surface area (Å²) in [7, 11) is 3.44. The predicted octanol–water partition coefficient (Wildman–Crippen LogP) is 1.03. The van der Waals surface area contributed by atoms with Crippen molar-refractivity contribution >= 4 is 5.97 Å². The van der Waals surface area contributed by atoms with Crippen molar-refractivity contribution < 1.29 is 9.53 Å². The molecule has 0 amide bonds. The molecular weight excluding hydrogens is 154 g/mol. The van der Waals surface area contributed by atoms with E-state index in [0.29, 0.717) is 6.04 Å². The molecule has 0 aromatic carbocycles. The Kier molecular flexibility index (Phi) is 2.42. The number of esters is 1. The molecule has 1 rings (SSSR count). The van der Waals surface area contributed by atoms with E-state index in [0.717, 1.165) is 12.8 Å². The Morgan fingerprint density at radius 2 is 2.00 bits per heavy atom. The zero-order valence-electron chi connectivity index (χ0n) is 8.26. The first-order valence-electron chi connectivity index (χ1n) is 4.36. The van der Waals surface area contributed by atoms with E-state index < -0.39 is 0 Å². The van der Waals surface area contributed by atoms with Crippen molar-refractivity contribution in [3.8, 4) is 0 Å². The van der Waals surface area contributed by atoms with Crippen molar-refractivity contribution in [2.45, 2.75) is 38.3 Å². The van der Waals surface area contributed by atoms with Gasteiger partial charge in [0.25, 0.3) is 0 Å². The molecule has 0 unspecified atom stereocenters. The second-order valence-corrected chi connectivity index (χ2v) is 3.73. The Bertz CT molecular complexity index is 185. The van der Waals surface area contributed by atoms with Crippen LogP contribution in [0.2, 0.25) is 0 Å². The number of hydrogen-bond donors (Lipinski definition) is 0. The Balaban J connectivity index is 2.66. The van der Waals surface area contributed by atoms with E-state index in [1.807, 2.05) is 7.05 Å². The number of hydrogen-bond acceptors (Lipinski definition) is 3. The van der Waals surface area contributed by atoms with Gasteiger partial charge < -0.3 is 4.74 Å². The molecule has 0 aromatic rings. The maximum atomic E-state index is 11.4. The van der Waals surface area contributed by atoms with Crippen molar-refractivity contribution in [1.82, 2.24) is 4.90 Å². The lowest BCUT2D eigenvalue weighted by atomic mass is 10.2. The Labute approximate surface area is 73.7 Å². The molecule has 70 valence electrons. The summed E-state index contributed by atoms with van der Waals surface area (Å²) in [6.07, 6.45) is 1.88. The molecule has 0 aliphatic heterocycles. The minimum absolute atomic E-state index is 0.0845. The third-order valence-corrected chi connectivity index (χ3v) is 2.74. The van der Waals surface area contributed by atoms with E-state index in [2.05, 4.69) is 18.7 Å². The monoisotopic (exact) mass is 171 g/mol. The molecule has 1 aliphatic carbocycles. The van der Waals surface area contributed by atoms with Crippen LogP contribution in [0, 0.1) is 0 Å². The first-order chi connectivity index (χ1) is 5.54. The summed E-state index contributed by atoms with van der Waals surface area (Å²) in [4.78, 5) is 13.5. The highest BCUT2D eigenvalue weighted by Crippen LogP contribution is 2.42. The van der Waals surface area contributed by atoms with Crippen LogP contribution in [0.1, 0.15) is 26.7 Å². The molecule has 12 heavy (non-hydrogen) atoms. The number of nitrogens with zero attached hydrogens (tertiary/aromatic N) is 1. The van der Waals surface area contributed by atoms with Crippen molar-refractivity contribution in [2.75, 3.05) is 14.2 Å². The van der Waals surface area contributed by atoms with Gasteiger partial charge in [-0.2, -0.15) is 0 Å². The molecule has 0 spiro atoms. The van der Waals surface area contributed by atoms with Crippen LogP contribution in [0.5, 0.6) is 0 Å². The standard InChI is InChI=1S/C9H17NO2/c1-7(2)10(3)9(5-6-9)8(11)12-4/h7H,5-6H2,1-4H3. The molecule has 1 saturated carbocycles. The highest BCUT2D eigenvalue weighted by Gasteiger charge is 2.54. The van der Waals surface area contributed by atoms with Gasteiger partial charge in [0.1, 0.15) is 5.54 Å². The first-order valence-corrected chi connectivity index (χ1v) is 4.36. The third-order valence-electron chi connectivity index (χ3n) is 2.74. The van der Waals surface area contributed by atoms with E-state index in [-0.39, 0.29) is 11.5 Å². The Hall–Kier alpha value is -0.570. The van der Waals surface area contributed by atoms with Crippen LogP contribution in [0.4, 0.5) is 0 Å². The van der Waals surface area contributed by atoms with Gasteiger partial charge >= 0.3 is 5.97 Å². The molecule has 0 radical (unpaired) electrons. The normalized spacial score (nSPS) is 19.8. The summed E-state index contributed by atoms with van der Waals surface area (Å²) in [5, 5.41) is 0. The third kappa shape index (κ3) is 1.33. The average Bonchev–Trinajstić information content (AvgIpc) is 2.82. The molecule has 0 heterocycles. The van der Waals surface area contributed by atoms with Crippen LogP contribution < -0.4 is 0 Å². The minimum Gasteiger partial charge on any atom is -0.468 e. The molecule has 0 saturated heterocycles. The maximum absolute atomic E-state index is 11.4. The Morgan fingerprint density at radius 1 is 1.50 bits per heavy atom. The largest absolute Gasteiger partial charge is 0.468 e. The van der Waals surface area contributed by atoms with Gasteiger partial charge in [-0.3, -0.25) is 9.69 Å². The van der Waals surface area contributed by atoms with E-state index in [1.165, 1.54) is 7.11 Å². The zero-order chi connectivity index (χ0) is 9.35. The first kappa shape index (κ1) is 9.52. The van der Waals surface area contributed by atoms with Crippen molar-refractivity contribution in [3.05, 3.63) is 0 Å². The van der Waals surface area contributed by atoms with E-state index in [9.17, 15) is 4.79 Å². The molecular formula is C9H17NO2. The number of likely N-dealkylation sites (N-methyl/N-ethyl adjacent to an activating group) is 1. The van der Waals surface area contributed by atoms with Crippen LogP contribution in [-0.2, 0) is 9.53 Å². The molecule has 3 heteroatoms. The summed E-state index contributed by atoms with van der Waals surface area (Å²) >= 11 is 0. The smallest absolute Gasteiger partial charge is 0.326 e. The van der Waals surface area contributed by atoms with Gasteiger partial charge in [-0.05, 0) is 33.7 Å². The van der Waals surface area contributed by atoms with E-state index in [4.69, 9.17) is 4.74 Å². The second-order valence-electron chi connectivity index (χ2n) is 3.73. The summed E-state index contributed by atoms with van der Waals surface area (Å²) < 4.78 is 4.77. The number of ether oxygens (including phenoxy) is 1. The van der Waals surface area contributed by atoms with Gasteiger partial charge in [0.2, 0.25) is 0 Å². The van der Waals surface area contributed by atoms with Crippen LogP contribution in [0.25, 0.3) is 0 Å². The van der Waals surface area contributed by atoms with Crippen molar-refractivity contribution in [3.63, 3.8) is 0 Å². The molecule has 0 bridgehead atoms. The van der Waals surface area contributed by atoms with Crippen molar-refractivity contribution in [1.29, 1.82) is 0 Å². The fourth-order valence-electron chi connectivity index (χ4n) is 1.50. The molecule has 0 atom stereocenters. The van der Waals surface area contributed by atoms with E-state index in [1.54, 1.807) is 0 Å². The van der Waals surface area contributed by atoms with Gasteiger partial charge in [-0.25, -0.2) is 0 Å². The van der Waals surface area contributed by atoms with Crippen LogP contribution in [0.15, 0.2) is 0 Å². The summed E-state index contributed by atoms with van der Waals surface area (Å²) in [5.41, 5.74) is -0.289. The van der Waals surface area contributed by atoms with Crippen LogP contribution in [-0.4, -0.2) is 36.6 Å². The molecule has 3 nitrogen and oxygen atoms in total. The number of rotatable bonds is 3. The summed E-state index contributed by atoms with van der Waals surface area (Å²) in [6, 6.07) is 0.395. The Morgan fingerprint density at radius 3 is 2.25 bits per heavy atom. The number of carbonyl (C=O) groups is 1. The van der Waals surface area contributed by atoms with Crippen molar-refractivity contribution in [2.24, 2.45) is 0 Å². The molecule has 0 N–H and O–H groups in total. The fraction of sp³-hybridized carbons (Fsp3) is 0.889. The summed E-state index contributed by atoms with van der Waals surface area (Å²) in [5.74, 6) is -0.0845. The van der Waals surface area contributed by atoms with Crippen LogP contribution in [0.3, 0.4) is 0 Å². The average molecular weight is 171 g/mol. The SMILES string of the molecule is COC(=O)C1(N(C)C(C)C)CC1. The number of carbonyl (C=O) groups excluding carboxylic acids is 1. The quantitative estimate of drug-likeness (QED) is 0.594. The molecule has 0 aromatic heterocycles. The van der Waals surface area contributed by atoms with E-state index >= 15 is 0 Å². The van der Waals surface area contributed by atoms with Gasteiger partial charge in [-0.15, -0.1) is 0 Å². The van der Waals surface area contributed by atoms with Gasteiger partial charge in [0, 0.05) is 6.04 Å². The van der Waals surface area contributed by atoms with Gasteiger partial charge in [0.15, 0.2) is 0 Å².